The average Bonchev–Trinajstić information content (AvgIpc) is 3.43. The van der Waals surface area contributed by atoms with Crippen LogP contribution < -0.4 is 15.9 Å². The Kier molecular flexibility index (Phi) is 5.39. The molecule has 1 atom stereocenters. The molecule has 0 fully saturated rings. The molecule has 6 aromatic carbocycles. The molecule has 1 aliphatic rings. The van der Waals surface area contributed by atoms with E-state index in [0.717, 1.165) is 56.0 Å². The van der Waals surface area contributed by atoms with Crippen LogP contribution in [0.25, 0.3) is 49.7 Å². The third kappa shape index (κ3) is 3.59. The van der Waals surface area contributed by atoms with Crippen LogP contribution in [0.1, 0.15) is 12.7 Å². The number of hydrogen-bond acceptors (Lipinski definition) is 2. The Hall–Kier alpha value is -4.72. The van der Waals surface area contributed by atoms with Gasteiger partial charge in [0.15, 0.2) is 7.14 Å². The molecule has 4 heteroatoms. The smallest absolute Gasteiger partial charge is 0.175 e. The van der Waals surface area contributed by atoms with Crippen molar-refractivity contribution in [2.24, 2.45) is 0 Å². The van der Waals surface area contributed by atoms with E-state index < -0.39 is 7.14 Å². The van der Waals surface area contributed by atoms with Crippen molar-refractivity contribution in [3.63, 3.8) is 0 Å². The number of nitrogens with zero attached hydrogens (tertiary/aromatic N) is 2. The minimum atomic E-state index is -3.15. The minimum absolute atomic E-state index is 0.793. The summed E-state index contributed by atoms with van der Waals surface area (Å²) in [5, 5.41) is 5.06. The summed E-state index contributed by atoms with van der Waals surface area (Å²) >= 11 is 0. The second-order valence-electron chi connectivity index (χ2n) is 10.6. The number of fused-ring (bicyclic) bond motifs is 3. The van der Waals surface area contributed by atoms with Gasteiger partial charge in [-0.05, 0) is 63.4 Å². The van der Waals surface area contributed by atoms with Crippen molar-refractivity contribution in [1.29, 1.82) is 0 Å². The molecular weight excluding hydrogens is 519 g/mol. The lowest BCUT2D eigenvalue weighted by Gasteiger charge is -2.29. The summed E-state index contributed by atoms with van der Waals surface area (Å²) in [6.45, 7) is 2.13. The molecule has 8 rings (SSSR count). The van der Waals surface area contributed by atoms with Crippen molar-refractivity contribution in [3.05, 3.63) is 139 Å². The molecule has 0 amide bonds. The summed E-state index contributed by atoms with van der Waals surface area (Å²) in [4.78, 5) is 4.94. The van der Waals surface area contributed by atoms with Crippen LogP contribution in [0.5, 0.6) is 0 Å². The zero-order chi connectivity index (χ0) is 27.6. The van der Waals surface area contributed by atoms with E-state index in [0.29, 0.717) is 0 Å². The molecule has 0 spiro atoms. The predicted molar refractivity (Wildman–Crippen MR) is 172 cm³/mol. The molecule has 7 aromatic rings. The second kappa shape index (κ2) is 9.16. The van der Waals surface area contributed by atoms with Gasteiger partial charge in [0.05, 0.1) is 16.7 Å². The molecular formula is C37H27N2OP. The van der Waals surface area contributed by atoms with E-state index in [2.05, 4.69) is 96.4 Å². The summed E-state index contributed by atoms with van der Waals surface area (Å²) < 4.78 is 17.7. The Bertz CT molecular complexity index is 2160. The van der Waals surface area contributed by atoms with E-state index in [4.69, 9.17) is 4.98 Å². The van der Waals surface area contributed by atoms with Gasteiger partial charge in [-0.25, -0.2) is 4.98 Å². The normalized spacial score (nSPS) is 15.7. The van der Waals surface area contributed by atoms with Gasteiger partial charge in [-0.1, -0.05) is 110 Å². The highest BCUT2D eigenvalue weighted by Crippen LogP contribution is 2.50. The molecule has 41 heavy (non-hydrogen) atoms. The summed E-state index contributed by atoms with van der Waals surface area (Å²) in [5.41, 5.74) is 7.36. The fourth-order valence-electron chi connectivity index (χ4n) is 6.32. The third-order valence-corrected chi connectivity index (χ3v) is 11.5. The second-order valence-corrected chi connectivity index (χ2v) is 13.3. The molecule has 1 aromatic heterocycles. The zero-order valence-electron chi connectivity index (χ0n) is 22.7. The van der Waals surface area contributed by atoms with Crippen LogP contribution in [-0.4, -0.2) is 9.55 Å². The van der Waals surface area contributed by atoms with E-state index in [-0.39, 0.29) is 0 Å². The van der Waals surface area contributed by atoms with Gasteiger partial charge < -0.3 is 4.57 Å². The van der Waals surface area contributed by atoms with Crippen LogP contribution in [0.3, 0.4) is 0 Å². The predicted octanol–water partition coefficient (Wildman–Crippen LogP) is 8.03. The number of aryl methyl sites for hydroxylation is 1. The average molecular weight is 547 g/mol. The van der Waals surface area contributed by atoms with Crippen molar-refractivity contribution in [1.82, 2.24) is 9.55 Å². The largest absolute Gasteiger partial charge is 0.308 e. The van der Waals surface area contributed by atoms with Gasteiger partial charge in [0, 0.05) is 22.3 Å². The van der Waals surface area contributed by atoms with Gasteiger partial charge in [0.1, 0.15) is 5.82 Å². The lowest BCUT2D eigenvalue weighted by molar-refractivity contribution is 0.592. The number of hydrogen-bond donors (Lipinski definition) is 0. The van der Waals surface area contributed by atoms with Crippen LogP contribution in [0.4, 0.5) is 0 Å². The lowest BCUT2D eigenvalue weighted by Crippen LogP contribution is -2.33. The Balaban J connectivity index is 1.30. The Labute approximate surface area is 239 Å². The highest BCUT2D eigenvalue weighted by atomic mass is 31.2. The van der Waals surface area contributed by atoms with E-state index >= 15 is 4.57 Å². The summed E-state index contributed by atoms with van der Waals surface area (Å²) in [6, 6.07) is 46.2. The SMILES string of the molecule is CCc1nc2cccc3c2n1-c1ccc(-c2ccc(-c4ccc5ccccc5c4)cc2)cc1P3(=O)c1ccccc1. The highest BCUT2D eigenvalue weighted by Gasteiger charge is 2.39. The quantitative estimate of drug-likeness (QED) is 0.210. The molecule has 1 unspecified atom stereocenters. The van der Waals surface area contributed by atoms with Crippen molar-refractivity contribution in [2.45, 2.75) is 13.3 Å². The summed E-state index contributed by atoms with van der Waals surface area (Å²) in [6.07, 6.45) is 0.793. The molecule has 0 saturated heterocycles. The van der Waals surface area contributed by atoms with E-state index in [1.165, 1.54) is 21.9 Å². The van der Waals surface area contributed by atoms with Crippen LogP contribution >= 0.6 is 7.14 Å². The molecule has 0 bridgehead atoms. The van der Waals surface area contributed by atoms with Crippen LogP contribution in [0.15, 0.2) is 133 Å². The maximum atomic E-state index is 15.5. The highest BCUT2D eigenvalue weighted by molar-refractivity contribution is 7.86. The van der Waals surface area contributed by atoms with Crippen molar-refractivity contribution < 1.29 is 4.57 Å². The number of imidazole rings is 1. The first-order valence-electron chi connectivity index (χ1n) is 14.1. The lowest BCUT2D eigenvalue weighted by atomic mass is 9.98. The standard InChI is InChI=1S/C37H27N2OP/c1-2-36-38-32-13-8-14-34-37(32)39(36)33-22-21-30(24-35(33)41(34,40)31-11-4-3-5-12-31)27-17-15-26(16-18-27)29-20-19-25-9-6-7-10-28(25)23-29/h3-24H,2H2,1H3. The van der Waals surface area contributed by atoms with Crippen LogP contribution in [-0.2, 0) is 11.0 Å². The first kappa shape index (κ1) is 24.1. The van der Waals surface area contributed by atoms with Crippen molar-refractivity contribution in [2.75, 3.05) is 0 Å². The molecule has 0 aliphatic carbocycles. The fourth-order valence-corrected chi connectivity index (χ4v) is 9.36. The molecule has 0 radical (unpaired) electrons. The van der Waals surface area contributed by atoms with Crippen LogP contribution in [0, 0.1) is 0 Å². The van der Waals surface area contributed by atoms with Crippen LogP contribution in [0.2, 0.25) is 0 Å². The van der Waals surface area contributed by atoms with Gasteiger partial charge in [0.25, 0.3) is 0 Å². The van der Waals surface area contributed by atoms with Gasteiger partial charge in [-0.15, -0.1) is 0 Å². The third-order valence-electron chi connectivity index (χ3n) is 8.36. The number of para-hydroxylation sites is 1. The van der Waals surface area contributed by atoms with E-state index in [1.807, 2.05) is 48.5 Å². The van der Waals surface area contributed by atoms with Crippen molar-refractivity contribution in [3.8, 4) is 27.9 Å². The Morgan fingerprint density at radius 2 is 1.27 bits per heavy atom. The van der Waals surface area contributed by atoms with E-state index in [9.17, 15) is 0 Å². The maximum Gasteiger partial charge on any atom is 0.175 e. The summed E-state index contributed by atoms with van der Waals surface area (Å²) in [5.74, 6) is 0.987. The van der Waals surface area contributed by atoms with Gasteiger partial charge >= 0.3 is 0 Å². The minimum Gasteiger partial charge on any atom is -0.308 e. The maximum absolute atomic E-state index is 15.5. The molecule has 0 N–H and O–H groups in total. The number of benzene rings is 6. The van der Waals surface area contributed by atoms with Gasteiger partial charge in [-0.3, -0.25) is 4.57 Å². The first-order valence-corrected chi connectivity index (χ1v) is 15.8. The van der Waals surface area contributed by atoms with Gasteiger partial charge in [0.2, 0.25) is 0 Å². The zero-order valence-corrected chi connectivity index (χ0v) is 23.6. The number of rotatable bonds is 4. The molecule has 196 valence electrons. The molecule has 1 aliphatic heterocycles. The fraction of sp³-hybridized carbons (Fsp3) is 0.0541. The Morgan fingerprint density at radius 3 is 2.02 bits per heavy atom. The topological polar surface area (TPSA) is 34.9 Å². The number of aromatic nitrogens is 2. The van der Waals surface area contributed by atoms with E-state index in [1.54, 1.807) is 0 Å². The molecule has 2 heterocycles. The summed E-state index contributed by atoms with van der Waals surface area (Å²) in [7, 11) is -3.15. The van der Waals surface area contributed by atoms with Gasteiger partial charge in [-0.2, -0.15) is 0 Å². The monoisotopic (exact) mass is 546 g/mol. The first-order chi connectivity index (χ1) is 20.1. The Morgan fingerprint density at radius 1 is 0.610 bits per heavy atom. The molecule has 0 saturated carbocycles. The molecule has 3 nitrogen and oxygen atoms in total. The van der Waals surface area contributed by atoms with Crippen molar-refractivity contribution >= 4 is 44.9 Å².